The second-order valence-corrected chi connectivity index (χ2v) is 10.5. The number of ether oxygens (including phenoxy) is 3. The van der Waals surface area contributed by atoms with Crippen LogP contribution in [-0.4, -0.2) is 52.7 Å². The van der Waals surface area contributed by atoms with Gasteiger partial charge in [-0.3, -0.25) is 9.59 Å². The Morgan fingerprint density at radius 3 is 2.08 bits per heavy atom. The summed E-state index contributed by atoms with van der Waals surface area (Å²) in [5.41, 5.74) is -1.36. The first-order chi connectivity index (χ1) is 17.5. The Hall–Kier alpha value is -3.17. The zero-order chi connectivity index (χ0) is 29.2. The van der Waals surface area contributed by atoms with E-state index >= 15 is 0 Å². The highest BCUT2D eigenvalue weighted by atomic mass is 16.6. The van der Waals surface area contributed by atoms with Gasteiger partial charge in [0.05, 0.1) is 12.7 Å². The van der Waals surface area contributed by atoms with E-state index in [1.165, 1.54) is 34.8 Å². The molecule has 2 rings (SSSR count). The van der Waals surface area contributed by atoms with Crippen molar-refractivity contribution in [2.24, 2.45) is 11.8 Å². The van der Waals surface area contributed by atoms with Crippen LogP contribution in [0.4, 0.5) is 0 Å². The van der Waals surface area contributed by atoms with Crippen molar-refractivity contribution in [1.29, 1.82) is 0 Å². The van der Waals surface area contributed by atoms with E-state index in [2.05, 4.69) is 0 Å². The zero-order valence-corrected chi connectivity index (χ0v) is 23.9. The van der Waals surface area contributed by atoms with Gasteiger partial charge in [-0.05, 0) is 53.0 Å². The van der Waals surface area contributed by atoms with Crippen LogP contribution in [0.25, 0.3) is 5.57 Å². The number of esters is 2. The van der Waals surface area contributed by atoms with E-state index in [0.29, 0.717) is 28.2 Å². The van der Waals surface area contributed by atoms with Crippen LogP contribution in [0, 0.1) is 25.7 Å². The number of methoxy groups -OCH3 is 1. The van der Waals surface area contributed by atoms with Crippen LogP contribution in [0.15, 0.2) is 39.1 Å². The fourth-order valence-electron chi connectivity index (χ4n) is 5.22. The smallest absolute Gasteiger partial charge is 0.342 e. The van der Waals surface area contributed by atoms with E-state index < -0.39 is 52.8 Å². The van der Waals surface area contributed by atoms with Crippen molar-refractivity contribution in [3.8, 4) is 5.75 Å². The Kier molecular flexibility index (Phi) is 9.56. The maximum atomic E-state index is 12.2. The molecule has 210 valence electrons. The van der Waals surface area contributed by atoms with Crippen molar-refractivity contribution in [3.63, 3.8) is 0 Å². The Morgan fingerprint density at radius 1 is 0.974 bits per heavy atom. The van der Waals surface area contributed by atoms with Crippen LogP contribution in [0.5, 0.6) is 5.75 Å². The number of aliphatic hydroxyl groups is 2. The molecule has 1 aromatic rings. The standard InChI is InChI=1S/C29H40O9/c1-15(12-11-13-16(2)23-17(3)24(35-10)18(4)26(32)38-23)14-22-19(5)28(8,33)27(37-21(7)31)29(9,34)25(22)36-20(6)30/h11-14,19,22,25,27,33-34H,1-10H3/b12-11+,15-14+,16-13+/t19-,22+,25-,27+,28+,29-/m0/s1. The summed E-state index contributed by atoms with van der Waals surface area (Å²) in [4.78, 5) is 35.9. The summed E-state index contributed by atoms with van der Waals surface area (Å²) in [5.74, 6) is -1.54. The van der Waals surface area contributed by atoms with Crippen LogP contribution >= 0.6 is 0 Å². The number of hydrogen-bond donors (Lipinski definition) is 2. The molecule has 0 aliphatic heterocycles. The molecule has 1 heterocycles. The lowest BCUT2D eigenvalue weighted by atomic mass is 9.61. The average molecular weight is 533 g/mol. The van der Waals surface area contributed by atoms with Gasteiger partial charge in [-0.25, -0.2) is 4.79 Å². The summed E-state index contributed by atoms with van der Waals surface area (Å²) in [6.07, 6.45) is 4.78. The van der Waals surface area contributed by atoms with Gasteiger partial charge in [-0.1, -0.05) is 36.8 Å². The highest BCUT2D eigenvalue weighted by Gasteiger charge is 2.63. The SMILES string of the molecule is COc1c(C)c(/C(C)=C/C=C/C(C)=C/[C@@H]2[C@H](C)[C@@](C)(O)[C@@H](OC(C)=O)[C@@](C)(O)[C@H]2OC(C)=O)oc(=O)c1C. The molecule has 1 aromatic heterocycles. The third-order valence-electron chi connectivity index (χ3n) is 7.31. The van der Waals surface area contributed by atoms with Gasteiger partial charge in [0, 0.05) is 25.3 Å². The topological polar surface area (TPSA) is 132 Å². The van der Waals surface area contributed by atoms with Crippen molar-refractivity contribution in [1.82, 2.24) is 0 Å². The van der Waals surface area contributed by atoms with Crippen LogP contribution in [0.2, 0.25) is 0 Å². The molecule has 38 heavy (non-hydrogen) atoms. The molecule has 6 atom stereocenters. The van der Waals surface area contributed by atoms with E-state index in [4.69, 9.17) is 18.6 Å². The van der Waals surface area contributed by atoms with Crippen LogP contribution < -0.4 is 10.4 Å². The Morgan fingerprint density at radius 2 is 1.55 bits per heavy atom. The van der Waals surface area contributed by atoms with E-state index in [-0.39, 0.29) is 0 Å². The Bertz CT molecular complexity index is 1210. The molecule has 9 heteroatoms. The summed E-state index contributed by atoms with van der Waals surface area (Å²) in [6, 6.07) is 0. The fourth-order valence-corrected chi connectivity index (χ4v) is 5.22. The highest BCUT2D eigenvalue weighted by Crippen LogP contribution is 2.47. The summed E-state index contributed by atoms with van der Waals surface area (Å²) < 4.78 is 21.7. The second-order valence-electron chi connectivity index (χ2n) is 10.5. The van der Waals surface area contributed by atoms with E-state index in [1.807, 2.05) is 32.9 Å². The van der Waals surface area contributed by atoms with Gasteiger partial charge in [0.25, 0.3) is 0 Å². The molecule has 1 saturated carbocycles. The number of hydrogen-bond acceptors (Lipinski definition) is 9. The zero-order valence-electron chi connectivity index (χ0n) is 23.9. The van der Waals surface area contributed by atoms with Crippen LogP contribution in [0.1, 0.15) is 65.4 Å². The molecule has 2 N–H and O–H groups in total. The number of allylic oxidation sites excluding steroid dienone is 5. The van der Waals surface area contributed by atoms with Crippen molar-refractivity contribution in [2.75, 3.05) is 7.11 Å². The van der Waals surface area contributed by atoms with Gasteiger partial charge >= 0.3 is 17.6 Å². The Labute approximate surface area is 223 Å². The molecule has 9 nitrogen and oxygen atoms in total. The quantitative estimate of drug-likeness (QED) is 0.397. The van der Waals surface area contributed by atoms with Gasteiger partial charge in [0.2, 0.25) is 0 Å². The first kappa shape index (κ1) is 31.1. The summed E-state index contributed by atoms with van der Waals surface area (Å²) in [5, 5.41) is 22.7. The fraction of sp³-hybridized carbons (Fsp3) is 0.552. The van der Waals surface area contributed by atoms with Gasteiger partial charge in [0.15, 0.2) is 6.10 Å². The first-order valence-electron chi connectivity index (χ1n) is 12.5. The molecule has 1 aliphatic carbocycles. The predicted molar refractivity (Wildman–Crippen MR) is 143 cm³/mol. The average Bonchev–Trinajstić information content (AvgIpc) is 2.80. The number of rotatable bonds is 7. The van der Waals surface area contributed by atoms with Crippen LogP contribution in [-0.2, 0) is 19.1 Å². The van der Waals surface area contributed by atoms with Gasteiger partial charge in [0.1, 0.15) is 28.8 Å². The molecule has 0 unspecified atom stereocenters. The van der Waals surface area contributed by atoms with Gasteiger partial charge in [-0.2, -0.15) is 0 Å². The van der Waals surface area contributed by atoms with Crippen molar-refractivity contribution in [3.05, 3.63) is 57.2 Å². The molecule has 0 aromatic carbocycles. The number of carbonyl (C=O) groups is 2. The molecular weight excluding hydrogens is 492 g/mol. The lowest BCUT2D eigenvalue weighted by molar-refractivity contribution is -0.269. The maximum Gasteiger partial charge on any atom is 0.342 e. The van der Waals surface area contributed by atoms with Crippen molar-refractivity contribution < 1.29 is 38.4 Å². The minimum atomic E-state index is -1.87. The van der Waals surface area contributed by atoms with E-state index in [0.717, 1.165) is 5.57 Å². The minimum Gasteiger partial charge on any atom is -0.496 e. The second kappa shape index (κ2) is 11.7. The first-order valence-corrected chi connectivity index (χ1v) is 12.5. The molecule has 0 amide bonds. The molecule has 0 bridgehead atoms. The third-order valence-corrected chi connectivity index (χ3v) is 7.31. The van der Waals surface area contributed by atoms with E-state index in [9.17, 15) is 24.6 Å². The maximum absolute atomic E-state index is 12.2. The Balaban J connectivity index is 2.46. The summed E-state index contributed by atoms with van der Waals surface area (Å²) >= 11 is 0. The van der Waals surface area contributed by atoms with Gasteiger partial charge in [-0.15, -0.1) is 0 Å². The third kappa shape index (κ3) is 6.27. The van der Waals surface area contributed by atoms with Gasteiger partial charge < -0.3 is 28.8 Å². The lowest BCUT2D eigenvalue weighted by Crippen LogP contribution is -2.71. The number of carbonyl (C=O) groups excluding carboxylic acids is 2. The molecule has 1 aliphatic rings. The molecular formula is C29H40O9. The molecule has 0 radical (unpaired) electrons. The monoisotopic (exact) mass is 532 g/mol. The van der Waals surface area contributed by atoms with Crippen molar-refractivity contribution in [2.45, 2.75) is 85.7 Å². The summed E-state index contributed by atoms with van der Waals surface area (Å²) in [6.45, 7) is 14.2. The summed E-state index contributed by atoms with van der Waals surface area (Å²) in [7, 11) is 1.50. The lowest BCUT2D eigenvalue weighted by Gasteiger charge is -2.55. The minimum absolute atomic E-state index is 0.405. The molecule has 0 spiro atoms. The van der Waals surface area contributed by atoms with Crippen molar-refractivity contribution >= 4 is 17.5 Å². The highest BCUT2D eigenvalue weighted by molar-refractivity contribution is 5.68. The van der Waals surface area contributed by atoms with Crippen LogP contribution in [0.3, 0.4) is 0 Å². The normalized spacial score (nSPS) is 30.3. The molecule has 1 fully saturated rings. The largest absolute Gasteiger partial charge is 0.496 e. The molecule has 0 saturated heterocycles. The predicted octanol–water partition coefficient (Wildman–Crippen LogP) is 3.80. The van der Waals surface area contributed by atoms with E-state index in [1.54, 1.807) is 26.0 Å².